The Morgan fingerprint density at radius 2 is 0.633 bits per heavy atom. The summed E-state index contributed by atoms with van der Waals surface area (Å²) in [5.74, 6) is 0. The summed E-state index contributed by atoms with van der Waals surface area (Å²) in [6.45, 7) is 1.89. The zero-order chi connectivity index (χ0) is 21.0. The molecule has 0 bridgehead atoms. The number of benzene rings is 4. The SMILES string of the molecule is CC(P(=O)(c1ccccc1)c1ccccc1)P(=O)(c1ccccc1)c1ccccc1. The summed E-state index contributed by atoms with van der Waals surface area (Å²) in [5, 5.41) is 2.33. The standard InChI is InChI=1S/C26H24O2P2/c1-22(29(27,23-14-6-2-7-15-23)24-16-8-3-9-17-24)30(28,25-18-10-4-11-19-25)26-20-12-5-13-21-26/h2-22H,1H3. The molecule has 0 saturated heterocycles. The predicted molar refractivity (Wildman–Crippen MR) is 129 cm³/mol. The van der Waals surface area contributed by atoms with Gasteiger partial charge in [0.15, 0.2) is 14.3 Å². The maximum atomic E-state index is 14.9. The van der Waals surface area contributed by atoms with Crippen molar-refractivity contribution in [3.05, 3.63) is 121 Å². The van der Waals surface area contributed by atoms with Crippen LogP contribution in [0.2, 0.25) is 0 Å². The highest BCUT2D eigenvalue weighted by Crippen LogP contribution is 2.65. The normalized spacial score (nSPS) is 12.1. The number of hydrogen-bond acceptors (Lipinski definition) is 2. The smallest absolute Gasteiger partial charge is 0.153 e. The molecule has 4 rings (SSSR count). The van der Waals surface area contributed by atoms with Crippen LogP contribution >= 0.6 is 14.3 Å². The van der Waals surface area contributed by atoms with Gasteiger partial charge < -0.3 is 9.13 Å². The molecule has 150 valence electrons. The van der Waals surface area contributed by atoms with Crippen LogP contribution in [0.4, 0.5) is 0 Å². The largest absolute Gasteiger partial charge is 0.313 e. The lowest BCUT2D eigenvalue weighted by Gasteiger charge is -2.33. The van der Waals surface area contributed by atoms with Crippen molar-refractivity contribution in [2.75, 3.05) is 0 Å². The fraction of sp³-hybridized carbons (Fsp3) is 0.0769. The van der Waals surface area contributed by atoms with Gasteiger partial charge in [-0.15, -0.1) is 0 Å². The average Bonchev–Trinajstić information content (AvgIpc) is 2.84. The van der Waals surface area contributed by atoms with E-state index >= 15 is 0 Å². The van der Waals surface area contributed by atoms with Crippen LogP contribution in [0.25, 0.3) is 0 Å². The maximum Gasteiger partial charge on any atom is 0.153 e. The Morgan fingerprint density at radius 1 is 0.433 bits per heavy atom. The van der Waals surface area contributed by atoms with Crippen LogP contribution in [0.15, 0.2) is 121 Å². The summed E-state index contributed by atoms with van der Waals surface area (Å²) >= 11 is 0. The van der Waals surface area contributed by atoms with Gasteiger partial charge in [0.05, 0.1) is 5.40 Å². The van der Waals surface area contributed by atoms with Crippen molar-refractivity contribution in [1.82, 2.24) is 0 Å². The van der Waals surface area contributed by atoms with Crippen molar-refractivity contribution in [1.29, 1.82) is 0 Å². The minimum Gasteiger partial charge on any atom is -0.313 e. The second-order valence-electron chi connectivity index (χ2n) is 7.29. The lowest BCUT2D eigenvalue weighted by atomic mass is 10.4. The third-order valence-corrected chi connectivity index (χ3v) is 13.9. The van der Waals surface area contributed by atoms with Crippen molar-refractivity contribution in [2.24, 2.45) is 0 Å². The van der Waals surface area contributed by atoms with Gasteiger partial charge in [-0.05, 0) is 6.92 Å². The molecule has 0 aliphatic rings. The highest BCUT2D eigenvalue weighted by Gasteiger charge is 2.46. The van der Waals surface area contributed by atoms with Gasteiger partial charge in [0.1, 0.15) is 0 Å². The summed E-state index contributed by atoms with van der Waals surface area (Å²) in [4.78, 5) is 0. The average molecular weight is 430 g/mol. The molecule has 4 aromatic carbocycles. The molecule has 0 N–H and O–H groups in total. The zero-order valence-corrected chi connectivity index (χ0v) is 18.6. The molecule has 0 fully saturated rings. The van der Waals surface area contributed by atoms with Crippen LogP contribution in [0.3, 0.4) is 0 Å². The number of rotatable bonds is 6. The van der Waals surface area contributed by atoms with Gasteiger partial charge in [-0.3, -0.25) is 0 Å². The van der Waals surface area contributed by atoms with Gasteiger partial charge in [-0.2, -0.15) is 0 Å². The van der Waals surface area contributed by atoms with Gasteiger partial charge >= 0.3 is 0 Å². The van der Waals surface area contributed by atoms with Gasteiger partial charge in [-0.1, -0.05) is 121 Å². The van der Waals surface area contributed by atoms with E-state index in [4.69, 9.17) is 0 Å². The molecule has 0 atom stereocenters. The molecule has 2 nitrogen and oxygen atoms in total. The Morgan fingerprint density at radius 3 is 0.833 bits per heavy atom. The quantitative estimate of drug-likeness (QED) is 0.386. The molecule has 0 radical (unpaired) electrons. The summed E-state index contributed by atoms with van der Waals surface area (Å²) in [6.07, 6.45) is 0. The fourth-order valence-electron chi connectivity index (χ4n) is 3.99. The maximum absolute atomic E-state index is 14.9. The van der Waals surface area contributed by atoms with Crippen molar-refractivity contribution in [3.63, 3.8) is 0 Å². The second kappa shape index (κ2) is 8.60. The molecule has 4 heteroatoms. The molecule has 0 unspecified atom stereocenters. The highest BCUT2D eigenvalue weighted by atomic mass is 31.2. The minimum absolute atomic E-state index is 0.598. The van der Waals surface area contributed by atoms with Crippen LogP contribution in [0.1, 0.15) is 6.92 Å². The summed E-state index contributed by atoms with van der Waals surface area (Å²) in [6, 6.07) is 38.0. The van der Waals surface area contributed by atoms with E-state index in [1.165, 1.54) is 0 Å². The van der Waals surface area contributed by atoms with E-state index in [0.717, 1.165) is 21.2 Å². The van der Waals surface area contributed by atoms with Crippen molar-refractivity contribution in [3.8, 4) is 0 Å². The van der Waals surface area contributed by atoms with Crippen molar-refractivity contribution < 1.29 is 9.13 Å². The predicted octanol–water partition coefficient (Wildman–Crippen LogP) is 5.36. The van der Waals surface area contributed by atoms with Crippen molar-refractivity contribution in [2.45, 2.75) is 12.3 Å². The Balaban J connectivity index is 2.01. The fourth-order valence-corrected chi connectivity index (χ4v) is 12.2. The van der Waals surface area contributed by atoms with E-state index in [1.54, 1.807) is 0 Å². The molecule has 0 heterocycles. The minimum atomic E-state index is -3.23. The molecule has 0 amide bonds. The first-order valence-electron chi connectivity index (χ1n) is 10.00. The third kappa shape index (κ3) is 3.52. The van der Waals surface area contributed by atoms with E-state index in [-0.39, 0.29) is 0 Å². The van der Waals surface area contributed by atoms with Gasteiger partial charge in [0.25, 0.3) is 0 Å². The van der Waals surface area contributed by atoms with Gasteiger partial charge in [0.2, 0.25) is 0 Å². The zero-order valence-electron chi connectivity index (χ0n) is 16.8. The summed E-state index contributed by atoms with van der Waals surface area (Å²) in [7, 11) is -6.46. The Bertz CT molecular complexity index is 1010. The van der Waals surface area contributed by atoms with Crippen LogP contribution in [-0.2, 0) is 9.13 Å². The molecule has 0 aliphatic carbocycles. The Labute approximate surface area is 178 Å². The molecule has 0 aliphatic heterocycles. The lowest BCUT2D eigenvalue weighted by Crippen LogP contribution is -2.31. The van der Waals surface area contributed by atoms with E-state index in [1.807, 2.05) is 128 Å². The number of hydrogen-bond donors (Lipinski definition) is 0. The van der Waals surface area contributed by atoms with Crippen LogP contribution in [0, 0.1) is 0 Å². The second-order valence-corrected chi connectivity index (χ2v) is 13.9. The van der Waals surface area contributed by atoms with E-state index in [9.17, 15) is 9.13 Å². The Kier molecular flexibility index (Phi) is 5.91. The first-order chi connectivity index (χ1) is 14.6. The summed E-state index contributed by atoms with van der Waals surface area (Å²) in [5.41, 5.74) is 0. The molecular weight excluding hydrogens is 406 g/mol. The molecule has 4 aromatic rings. The van der Waals surface area contributed by atoms with Gasteiger partial charge in [-0.25, -0.2) is 0 Å². The third-order valence-electron chi connectivity index (χ3n) is 5.61. The van der Waals surface area contributed by atoms with Gasteiger partial charge in [0, 0.05) is 21.2 Å². The van der Waals surface area contributed by atoms with Crippen LogP contribution in [-0.4, -0.2) is 5.40 Å². The molecule has 0 aromatic heterocycles. The van der Waals surface area contributed by atoms with Crippen LogP contribution in [0.5, 0.6) is 0 Å². The molecule has 0 spiro atoms. The topological polar surface area (TPSA) is 34.1 Å². The molecular formula is C26H24O2P2. The first-order valence-corrected chi connectivity index (χ1v) is 13.5. The Hall–Kier alpha value is -2.66. The van der Waals surface area contributed by atoms with E-state index in [2.05, 4.69) is 0 Å². The monoisotopic (exact) mass is 430 g/mol. The lowest BCUT2D eigenvalue weighted by molar-refractivity contribution is 0.575. The van der Waals surface area contributed by atoms with E-state index in [0.29, 0.717) is 0 Å². The molecule has 0 saturated carbocycles. The van der Waals surface area contributed by atoms with Crippen molar-refractivity contribution >= 4 is 35.5 Å². The summed E-state index contributed by atoms with van der Waals surface area (Å²) < 4.78 is 29.9. The van der Waals surface area contributed by atoms with Crippen LogP contribution < -0.4 is 21.2 Å². The van der Waals surface area contributed by atoms with E-state index < -0.39 is 19.7 Å². The molecule has 30 heavy (non-hydrogen) atoms. The first kappa shape index (κ1) is 20.6. The highest BCUT2D eigenvalue weighted by molar-refractivity contribution is 7.95.